The van der Waals surface area contributed by atoms with Crippen molar-refractivity contribution >= 4 is 20.2 Å². The predicted octanol–water partition coefficient (Wildman–Crippen LogP) is 1.42. The van der Waals surface area contributed by atoms with Crippen LogP contribution < -0.4 is 0 Å². The Morgan fingerprint density at radius 3 is 0.706 bits per heavy atom. The minimum Gasteiger partial charge on any atom is -0.279 e. The molecule has 0 bridgehead atoms. The molecule has 0 aromatic heterocycles. The average Bonchev–Trinajstić information content (AvgIpc) is 1.77. The lowest BCUT2D eigenvalue weighted by Crippen LogP contribution is -2.21. The van der Waals surface area contributed by atoms with Gasteiger partial charge in [0.15, 0.2) is 0 Å². The third-order valence-corrected chi connectivity index (χ3v) is 1.75. The second-order valence-corrected chi connectivity index (χ2v) is 4.67. The summed E-state index contributed by atoms with van der Waals surface area (Å²) >= 11 is 0. The summed E-state index contributed by atoms with van der Waals surface area (Å²) in [5, 5.41) is 0. The van der Waals surface area contributed by atoms with Gasteiger partial charge in [0.25, 0.3) is 0 Å². The maximum Gasteiger partial charge on any atom is 0.522 e. The predicted molar refractivity (Wildman–Crippen MR) is 41.9 cm³/mol. The molecule has 108 valence electrons. The van der Waals surface area contributed by atoms with Gasteiger partial charge in [0, 0.05) is 0 Å². The molecule has 14 heteroatoms. The van der Waals surface area contributed by atoms with Crippen molar-refractivity contribution in [3.05, 3.63) is 0 Å². The Morgan fingerprint density at radius 1 is 0.647 bits per heavy atom. The Balaban J connectivity index is -0.000000218. The van der Waals surface area contributed by atoms with E-state index in [1.165, 1.54) is 0 Å². The quantitative estimate of drug-likeness (QED) is 0.397. The molecule has 0 saturated heterocycles. The highest BCUT2D eigenvalue weighted by atomic mass is 32.2. The third kappa shape index (κ3) is 9.13. The van der Waals surface area contributed by atoms with E-state index in [-0.39, 0.29) is 7.43 Å². The van der Waals surface area contributed by atoms with Crippen LogP contribution in [-0.2, 0) is 20.2 Å². The van der Waals surface area contributed by atoms with Crippen LogP contribution in [0.5, 0.6) is 0 Å². The summed E-state index contributed by atoms with van der Waals surface area (Å²) in [7, 11) is -11.7. The van der Waals surface area contributed by atoms with Gasteiger partial charge in [-0.1, -0.05) is 7.43 Å². The molecule has 0 aliphatic carbocycles. The third-order valence-electron chi connectivity index (χ3n) is 0.585. The van der Waals surface area contributed by atoms with E-state index in [0.29, 0.717) is 0 Å². The molecule has 0 rings (SSSR count). The molecule has 0 heterocycles. The van der Waals surface area contributed by atoms with Crippen LogP contribution in [-0.4, -0.2) is 37.0 Å². The lowest BCUT2D eigenvalue weighted by molar-refractivity contribution is -0.0514. The van der Waals surface area contributed by atoms with E-state index in [0.717, 1.165) is 0 Å². The van der Waals surface area contributed by atoms with Crippen LogP contribution in [0.15, 0.2) is 0 Å². The molecule has 0 spiro atoms. The summed E-state index contributed by atoms with van der Waals surface area (Å²) in [4.78, 5) is 0. The smallest absolute Gasteiger partial charge is 0.279 e. The lowest BCUT2D eigenvalue weighted by Gasteiger charge is -1.97. The van der Waals surface area contributed by atoms with Crippen LogP contribution in [0.3, 0.4) is 0 Å². The summed E-state index contributed by atoms with van der Waals surface area (Å²) in [6, 6.07) is 0. The molecule has 2 N–H and O–H groups in total. The first-order chi connectivity index (χ1) is 6.50. The van der Waals surface area contributed by atoms with Crippen molar-refractivity contribution in [3.63, 3.8) is 0 Å². The fourth-order valence-corrected chi connectivity index (χ4v) is 0. The Labute approximate surface area is 91.7 Å². The molecule has 0 saturated carbocycles. The molecule has 0 fully saturated rings. The van der Waals surface area contributed by atoms with Crippen molar-refractivity contribution < 1.29 is 52.3 Å². The zero-order chi connectivity index (χ0) is 14.0. The summed E-state index contributed by atoms with van der Waals surface area (Å²) < 4.78 is 115. The summed E-state index contributed by atoms with van der Waals surface area (Å²) in [6.07, 6.45) is 0. The molecule has 0 aliphatic rings. The first kappa shape index (κ1) is 21.7. The van der Waals surface area contributed by atoms with Crippen LogP contribution in [0.4, 0.5) is 26.3 Å². The minimum absolute atomic E-state index is 0. The van der Waals surface area contributed by atoms with E-state index in [1.54, 1.807) is 0 Å². The highest BCUT2D eigenvalue weighted by Crippen LogP contribution is 2.21. The van der Waals surface area contributed by atoms with Crippen LogP contribution in [0.2, 0.25) is 0 Å². The Morgan fingerprint density at radius 2 is 0.706 bits per heavy atom. The molecule has 6 nitrogen and oxygen atoms in total. The van der Waals surface area contributed by atoms with E-state index >= 15 is 0 Å². The molecule has 0 radical (unpaired) electrons. The van der Waals surface area contributed by atoms with Gasteiger partial charge in [0.1, 0.15) is 0 Å². The topological polar surface area (TPSA) is 109 Å². The Hall–Kier alpha value is -0.600. The van der Waals surface area contributed by atoms with Gasteiger partial charge in [-0.2, -0.15) is 43.2 Å². The minimum atomic E-state index is -5.84. The van der Waals surface area contributed by atoms with Crippen LogP contribution in [0.1, 0.15) is 7.43 Å². The van der Waals surface area contributed by atoms with E-state index in [9.17, 15) is 26.3 Å². The van der Waals surface area contributed by atoms with E-state index in [2.05, 4.69) is 0 Å². The molecule has 0 unspecified atom stereocenters. The van der Waals surface area contributed by atoms with Gasteiger partial charge < -0.3 is 0 Å². The summed E-state index contributed by atoms with van der Waals surface area (Å²) in [6.45, 7) is 0. The molecule has 0 aromatic carbocycles. The zero-order valence-electron chi connectivity index (χ0n) is 6.61. The van der Waals surface area contributed by atoms with Gasteiger partial charge in [0.2, 0.25) is 0 Å². The molecule has 0 aromatic rings. The fourth-order valence-electron chi connectivity index (χ4n) is 0. The van der Waals surface area contributed by atoms with Crippen molar-refractivity contribution in [1.29, 1.82) is 0 Å². The van der Waals surface area contributed by atoms with Gasteiger partial charge >= 0.3 is 31.3 Å². The van der Waals surface area contributed by atoms with Crippen molar-refractivity contribution in [1.82, 2.24) is 0 Å². The second kappa shape index (κ2) is 5.83. The number of rotatable bonds is 0. The Bertz CT molecular complexity index is 372. The Kier molecular flexibility index (Phi) is 7.43. The van der Waals surface area contributed by atoms with Crippen molar-refractivity contribution in [3.8, 4) is 0 Å². The molecule has 0 amide bonds. The van der Waals surface area contributed by atoms with Gasteiger partial charge in [-0.15, -0.1) is 0 Å². The number of hydrogen-bond donors (Lipinski definition) is 2. The first-order valence-corrected chi connectivity index (χ1v) is 5.45. The molecular formula is C3H6F6O6S2. The van der Waals surface area contributed by atoms with Gasteiger partial charge in [-0.3, -0.25) is 9.11 Å². The normalized spacial score (nSPS) is 13.2. The summed E-state index contributed by atoms with van der Waals surface area (Å²) in [5.74, 6) is 0. The standard InChI is InChI=1S/2CHF3O3S.CH4/c2*2-1(3,4)8(5,6)7;/h2*(H,5,6,7);1H4. The van der Waals surface area contributed by atoms with Gasteiger partial charge in [-0.05, 0) is 0 Å². The van der Waals surface area contributed by atoms with Crippen LogP contribution in [0, 0.1) is 0 Å². The zero-order valence-corrected chi connectivity index (χ0v) is 8.24. The average molecular weight is 316 g/mol. The SMILES string of the molecule is C.O=S(=O)(O)C(F)(F)F.O=S(=O)(O)C(F)(F)F. The second-order valence-electron chi connectivity index (χ2n) is 1.84. The maximum absolute atomic E-state index is 10.7. The van der Waals surface area contributed by atoms with Crippen LogP contribution >= 0.6 is 0 Å². The number of hydrogen-bond acceptors (Lipinski definition) is 4. The lowest BCUT2D eigenvalue weighted by atomic mass is 11.6. The number of halogens is 6. The fraction of sp³-hybridized carbons (Fsp3) is 1.00. The summed E-state index contributed by atoms with van der Waals surface area (Å²) in [5.41, 5.74) is -11.1. The molecule has 0 atom stereocenters. The highest BCUT2D eigenvalue weighted by molar-refractivity contribution is 7.86. The van der Waals surface area contributed by atoms with E-state index in [1.807, 2.05) is 0 Å². The van der Waals surface area contributed by atoms with Crippen molar-refractivity contribution in [2.75, 3.05) is 0 Å². The largest absolute Gasteiger partial charge is 0.522 e. The van der Waals surface area contributed by atoms with Gasteiger partial charge in [0.05, 0.1) is 0 Å². The van der Waals surface area contributed by atoms with E-state index in [4.69, 9.17) is 25.9 Å². The monoisotopic (exact) mass is 316 g/mol. The van der Waals surface area contributed by atoms with Crippen LogP contribution in [0.25, 0.3) is 0 Å². The van der Waals surface area contributed by atoms with Crippen molar-refractivity contribution in [2.24, 2.45) is 0 Å². The van der Waals surface area contributed by atoms with E-state index < -0.39 is 31.3 Å². The molecule has 17 heavy (non-hydrogen) atoms. The number of alkyl halides is 6. The van der Waals surface area contributed by atoms with Crippen molar-refractivity contribution in [2.45, 2.75) is 18.4 Å². The van der Waals surface area contributed by atoms with Gasteiger partial charge in [-0.25, -0.2) is 0 Å². The maximum atomic E-state index is 10.7. The highest BCUT2D eigenvalue weighted by Gasteiger charge is 2.45. The first-order valence-electron chi connectivity index (χ1n) is 2.57. The molecular weight excluding hydrogens is 310 g/mol. The molecule has 0 aliphatic heterocycles.